The zero-order valence-electron chi connectivity index (χ0n) is 12.5. The standard InChI is InChI=1S/C16H24O5/c1-2-3-4-7-10-20-11-13(17)12-21-15-9-6-5-8-14(15)16(18)19/h5-6,8-9,13,17H,2-4,7,10-12H2,1H3,(H,18,19). The van der Waals surface area contributed by atoms with Crippen LogP contribution in [0.2, 0.25) is 0 Å². The number of aromatic carboxylic acids is 1. The lowest BCUT2D eigenvalue weighted by Gasteiger charge is -2.14. The molecule has 1 rings (SSSR count). The molecule has 5 nitrogen and oxygen atoms in total. The van der Waals surface area contributed by atoms with Crippen molar-refractivity contribution in [1.29, 1.82) is 0 Å². The first-order valence-corrected chi connectivity index (χ1v) is 7.36. The minimum atomic E-state index is -1.05. The van der Waals surface area contributed by atoms with Crippen molar-refractivity contribution in [2.75, 3.05) is 19.8 Å². The number of rotatable bonds is 11. The van der Waals surface area contributed by atoms with Crippen LogP contribution < -0.4 is 4.74 Å². The number of aliphatic hydroxyl groups is 1. The highest BCUT2D eigenvalue weighted by Gasteiger charge is 2.12. The molecule has 0 saturated heterocycles. The molecule has 1 aromatic rings. The van der Waals surface area contributed by atoms with Crippen molar-refractivity contribution in [1.82, 2.24) is 0 Å². The summed E-state index contributed by atoms with van der Waals surface area (Å²) < 4.78 is 10.7. The van der Waals surface area contributed by atoms with E-state index in [1.165, 1.54) is 18.9 Å². The summed E-state index contributed by atoms with van der Waals surface area (Å²) in [5.41, 5.74) is 0.0881. The fourth-order valence-electron chi connectivity index (χ4n) is 1.85. The van der Waals surface area contributed by atoms with Crippen LogP contribution in [0.5, 0.6) is 5.75 Å². The van der Waals surface area contributed by atoms with E-state index in [-0.39, 0.29) is 24.5 Å². The Hall–Kier alpha value is -1.59. The molecule has 5 heteroatoms. The molecule has 0 aliphatic carbocycles. The molecule has 0 radical (unpaired) electrons. The van der Waals surface area contributed by atoms with Crippen molar-refractivity contribution in [3.8, 4) is 5.75 Å². The molecular weight excluding hydrogens is 272 g/mol. The Balaban J connectivity index is 2.24. The number of hydrogen-bond donors (Lipinski definition) is 2. The molecule has 21 heavy (non-hydrogen) atoms. The Bertz CT molecular complexity index is 419. The minimum absolute atomic E-state index is 0.0131. The van der Waals surface area contributed by atoms with Crippen LogP contribution in [0.1, 0.15) is 43.0 Å². The van der Waals surface area contributed by atoms with E-state index in [1.807, 2.05) is 0 Å². The van der Waals surface area contributed by atoms with E-state index in [0.29, 0.717) is 6.61 Å². The number of carbonyl (C=O) groups is 1. The van der Waals surface area contributed by atoms with Crippen LogP contribution in [0, 0.1) is 0 Å². The van der Waals surface area contributed by atoms with Gasteiger partial charge >= 0.3 is 5.97 Å². The summed E-state index contributed by atoms with van der Waals surface area (Å²) in [6.45, 7) is 2.99. The number of unbranched alkanes of at least 4 members (excludes halogenated alkanes) is 3. The van der Waals surface area contributed by atoms with Gasteiger partial charge in [0.2, 0.25) is 0 Å². The molecule has 0 amide bonds. The average Bonchev–Trinajstić information content (AvgIpc) is 2.49. The molecule has 1 unspecified atom stereocenters. The molecule has 0 aromatic heterocycles. The average molecular weight is 296 g/mol. The van der Waals surface area contributed by atoms with Gasteiger partial charge in [0.1, 0.15) is 24.0 Å². The lowest BCUT2D eigenvalue weighted by molar-refractivity contribution is 0.0107. The van der Waals surface area contributed by atoms with E-state index in [1.54, 1.807) is 18.2 Å². The van der Waals surface area contributed by atoms with Gasteiger partial charge in [-0.2, -0.15) is 0 Å². The van der Waals surface area contributed by atoms with E-state index in [9.17, 15) is 9.90 Å². The maximum Gasteiger partial charge on any atom is 0.339 e. The van der Waals surface area contributed by atoms with Gasteiger partial charge in [0.05, 0.1) is 6.61 Å². The third-order valence-corrected chi connectivity index (χ3v) is 3.00. The molecule has 0 aliphatic heterocycles. The van der Waals surface area contributed by atoms with Crippen molar-refractivity contribution in [2.45, 2.75) is 38.7 Å². The predicted molar refractivity (Wildman–Crippen MR) is 79.9 cm³/mol. The number of aliphatic hydroxyl groups excluding tert-OH is 1. The topological polar surface area (TPSA) is 76.0 Å². The lowest BCUT2D eigenvalue weighted by atomic mass is 10.2. The van der Waals surface area contributed by atoms with Crippen LogP contribution in [0.25, 0.3) is 0 Å². The number of carboxylic acids is 1. The zero-order chi connectivity index (χ0) is 15.5. The summed E-state index contributed by atoms with van der Waals surface area (Å²) in [7, 11) is 0. The van der Waals surface area contributed by atoms with Gasteiger partial charge < -0.3 is 19.7 Å². The normalized spacial score (nSPS) is 12.1. The van der Waals surface area contributed by atoms with Gasteiger partial charge in [0.25, 0.3) is 0 Å². The first-order valence-electron chi connectivity index (χ1n) is 7.36. The monoisotopic (exact) mass is 296 g/mol. The third kappa shape index (κ3) is 7.11. The highest BCUT2D eigenvalue weighted by Crippen LogP contribution is 2.17. The Morgan fingerprint density at radius 2 is 1.95 bits per heavy atom. The van der Waals surface area contributed by atoms with Gasteiger partial charge in [0.15, 0.2) is 0 Å². The van der Waals surface area contributed by atoms with E-state index in [0.717, 1.165) is 12.8 Å². The number of para-hydroxylation sites is 1. The van der Waals surface area contributed by atoms with Crippen LogP contribution in [-0.2, 0) is 4.74 Å². The second-order valence-corrected chi connectivity index (χ2v) is 4.90. The second kappa shape index (κ2) is 10.2. The highest BCUT2D eigenvalue weighted by molar-refractivity contribution is 5.90. The smallest absolute Gasteiger partial charge is 0.339 e. The van der Waals surface area contributed by atoms with E-state index in [2.05, 4.69) is 6.92 Å². The summed E-state index contributed by atoms with van der Waals surface area (Å²) in [5, 5.41) is 18.8. The summed E-state index contributed by atoms with van der Waals surface area (Å²) in [4.78, 5) is 11.0. The molecule has 1 atom stereocenters. The SMILES string of the molecule is CCCCCCOCC(O)COc1ccccc1C(=O)O. The van der Waals surface area contributed by atoms with Crippen LogP contribution in [0.15, 0.2) is 24.3 Å². The lowest BCUT2D eigenvalue weighted by Crippen LogP contribution is -2.24. The third-order valence-electron chi connectivity index (χ3n) is 3.00. The van der Waals surface area contributed by atoms with E-state index >= 15 is 0 Å². The van der Waals surface area contributed by atoms with Crippen LogP contribution in [-0.4, -0.2) is 42.1 Å². The molecule has 2 N–H and O–H groups in total. The number of benzene rings is 1. The zero-order valence-corrected chi connectivity index (χ0v) is 12.5. The molecule has 0 saturated carbocycles. The molecule has 0 fully saturated rings. The van der Waals surface area contributed by atoms with Crippen LogP contribution in [0.4, 0.5) is 0 Å². The molecule has 0 heterocycles. The Labute approximate surface area is 125 Å². The fourth-order valence-corrected chi connectivity index (χ4v) is 1.85. The van der Waals surface area contributed by atoms with Gasteiger partial charge in [-0.25, -0.2) is 4.79 Å². The van der Waals surface area contributed by atoms with Gasteiger partial charge in [-0.15, -0.1) is 0 Å². The number of hydrogen-bond acceptors (Lipinski definition) is 4. The molecule has 0 bridgehead atoms. The second-order valence-electron chi connectivity index (χ2n) is 4.90. The Morgan fingerprint density at radius 3 is 2.67 bits per heavy atom. The Morgan fingerprint density at radius 1 is 1.19 bits per heavy atom. The fraction of sp³-hybridized carbons (Fsp3) is 0.562. The maximum atomic E-state index is 11.0. The number of carboxylic acid groups (broad SMARTS) is 1. The van der Waals surface area contributed by atoms with Crippen molar-refractivity contribution >= 4 is 5.97 Å². The van der Waals surface area contributed by atoms with Crippen molar-refractivity contribution < 1.29 is 24.5 Å². The first-order chi connectivity index (χ1) is 10.1. The number of ether oxygens (including phenoxy) is 2. The highest BCUT2D eigenvalue weighted by atomic mass is 16.5. The molecule has 1 aromatic carbocycles. The predicted octanol–water partition coefficient (Wildman–Crippen LogP) is 2.72. The molecule has 0 aliphatic rings. The van der Waals surface area contributed by atoms with Gasteiger partial charge in [0, 0.05) is 6.61 Å². The molecule has 0 spiro atoms. The molecular formula is C16H24O5. The quantitative estimate of drug-likeness (QED) is 0.614. The van der Waals surface area contributed by atoms with Crippen molar-refractivity contribution in [3.05, 3.63) is 29.8 Å². The maximum absolute atomic E-state index is 11.0. The van der Waals surface area contributed by atoms with Crippen molar-refractivity contribution in [2.24, 2.45) is 0 Å². The minimum Gasteiger partial charge on any atom is -0.490 e. The summed E-state index contributed by atoms with van der Waals surface area (Å²) in [6, 6.07) is 6.36. The van der Waals surface area contributed by atoms with Gasteiger partial charge in [-0.1, -0.05) is 38.3 Å². The molecule has 118 valence electrons. The van der Waals surface area contributed by atoms with Crippen LogP contribution in [0.3, 0.4) is 0 Å². The van der Waals surface area contributed by atoms with Crippen LogP contribution >= 0.6 is 0 Å². The van der Waals surface area contributed by atoms with Crippen molar-refractivity contribution in [3.63, 3.8) is 0 Å². The largest absolute Gasteiger partial charge is 0.490 e. The summed E-state index contributed by atoms with van der Waals surface area (Å²) >= 11 is 0. The summed E-state index contributed by atoms with van der Waals surface area (Å²) in [5.74, 6) is -0.792. The van der Waals surface area contributed by atoms with E-state index < -0.39 is 12.1 Å². The Kier molecular flexibility index (Phi) is 8.47. The van der Waals surface area contributed by atoms with E-state index in [4.69, 9.17) is 14.6 Å². The summed E-state index contributed by atoms with van der Waals surface area (Å²) in [6.07, 6.45) is 3.73. The van der Waals surface area contributed by atoms with Gasteiger partial charge in [-0.3, -0.25) is 0 Å². The first kappa shape index (κ1) is 17.5. The van der Waals surface area contributed by atoms with Gasteiger partial charge in [-0.05, 0) is 18.6 Å².